The second-order valence-electron chi connectivity index (χ2n) is 4.53. The van der Waals surface area contributed by atoms with Gasteiger partial charge in [0.05, 0.1) is 6.61 Å². The van der Waals surface area contributed by atoms with Gasteiger partial charge in [-0.05, 0) is 43.4 Å². The molecule has 1 aromatic rings. The monoisotopic (exact) mass is 220 g/mol. The summed E-state index contributed by atoms with van der Waals surface area (Å²) in [5, 5.41) is 9.23. The maximum absolute atomic E-state index is 9.23. The Balaban J connectivity index is 2.24. The van der Waals surface area contributed by atoms with E-state index in [4.69, 9.17) is 0 Å². The third-order valence-electron chi connectivity index (χ3n) is 3.45. The van der Waals surface area contributed by atoms with Gasteiger partial charge in [0.15, 0.2) is 0 Å². The summed E-state index contributed by atoms with van der Waals surface area (Å²) in [4.78, 5) is 6.87. The van der Waals surface area contributed by atoms with Crippen LogP contribution in [0.25, 0.3) is 0 Å². The fourth-order valence-corrected chi connectivity index (χ4v) is 2.05. The first-order valence-electron chi connectivity index (χ1n) is 6.08. The van der Waals surface area contributed by atoms with Gasteiger partial charge in [0.25, 0.3) is 0 Å². The quantitative estimate of drug-likeness (QED) is 0.844. The number of nitrogens with zero attached hydrogens (tertiary/aromatic N) is 2. The van der Waals surface area contributed by atoms with E-state index in [2.05, 4.69) is 23.9 Å². The molecule has 2 rings (SSSR count). The third kappa shape index (κ3) is 2.19. The molecule has 0 spiro atoms. The second kappa shape index (κ2) is 4.83. The molecule has 0 aromatic carbocycles. The lowest BCUT2D eigenvalue weighted by Gasteiger charge is -2.35. The van der Waals surface area contributed by atoms with Crippen molar-refractivity contribution in [2.45, 2.75) is 45.3 Å². The van der Waals surface area contributed by atoms with E-state index in [0.717, 1.165) is 23.5 Å². The molecule has 1 aliphatic rings. The van der Waals surface area contributed by atoms with Gasteiger partial charge in [-0.25, -0.2) is 4.98 Å². The predicted octanol–water partition coefficient (Wildman–Crippen LogP) is 2.12. The summed E-state index contributed by atoms with van der Waals surface area (Å²) in [7, 11) is 2.10. The maximum Gasteiger partial charge on any atom is 0.129 e. The molecule has 3 nitrogen and oxygen atoms in total. The van der Waals surface area contributed by atoms with Crippen LogP contribution in [-0.4, -0.2) is 23.2 Å². The molecule has 1 aromatic heterocycles. The molecule has 0 atom stereocenters. The molecule has 1 heterocycles. The number of aliphatic hydroxyl groups excluding tert-OH is 1. The van der Waals surface area contributed by atoms with Gasteiger partial charge in [-0.3, -0.25) is 0 Å². The van der Waals surface area contributed by atoms with Gasteiger partial charge < -0.3 is 10.0 Å². The lowest BCUT2D eigenvalue weighted by atomic mass is 9.92. The summed E-state index contributed by atoms with van der Waals surface area (Å²) in [5.41, 5.74) is 2.03. The van der Waals surface area contributed by atoms with E-state index in [1.54, 1.807) is 0 Å². The number of anilines is 1. The van der Waals surface area contributed by atoms with Crippen molar-refractivity contribution in [2.75, 3.05) is 11.9 Å². The molecule has 0 aliphatic heterocycles. The van der Waals surface area contributed by atoms with E-state index in [1.807, 2.05) is 12.1 Å². The zero-order chi connectivity index (χ0) is 11.5. The van der Waals surface area contributed by atoms with Crippen molar-refractivity contribution in [3.63, 3.8) is 0 Å². The topological polar surface area (TPSA) is 36.4 Å². The minimum atomic E-state index is 0.0982. The van der Waals surface area contributed by atoms with E-state index < -0.39 is 0 Å². The van der Waals surface area contributed by atoms with Gasteiger partial charge in [-0.2, -0.15) is 0 Å². The van der Waals surface area contributed by atoms with Crippen molar-refractivity contribution >= 4 is 5.82 Å². The Kier molecular flexibility index (Phi) is 3.44. The maximum atomic E-state index is 9.23. The average molecular weight is 220 g/mol. The van der Waals surface area contributed by atoms with Crippen LogP contribution in [0, 0.1) is 0 Å². The summed E-state index contributed by atoms with van der Waals surface area (Å²) in [5.74, 6) is 1.01. The Labute approximate surface area is 97.1 Å². The molecule has 0 unspecified atom stereocenters. The van der Waals surface area contributed by atoms with Crippen molar-refractivity contribution in [1.82, 2.24) is 4.98 Å². The van der Waals surface area contributed by atoms with Crippen LogP contribution < -0.4 is 4.90 Å². The first-order valence-corrected chi connectivity index (χ1v) is 6.08. The first-order chi connectivity index (χ1) is 7.74. The number of aromatic nitrogens is 1. The molecule has 88 valence electrons. The predicted molar refractivity (Wildman–Crippen MR) is 65.6 cm³/mol. The largest absolute Gasteiger partial charge is 0.392 e. The first kappa shape index (κ1) is 11.4. The molecule has 0 amide bonds. The van der Waals surface area contributed by atoms with Crippen LogP contribution in [0.4, 0.5) is 5.82 Å². The molecule has 1 fully saturated rings. The molecule has 3 heteroatoms. The Hall–Kier alpha value is -1.09. The summed E-state index contributed by atoms with van der Waals surface area (Å²) < 4.78 is 0. The minimum Gasteiger partial charge on any atom is -0.392 e. The van der Waals surface area contributed by atoms with Crippen LogP contribution in [0.2, 0.25) is 0 Å². The molecule has 1 aliphatic carbocycles. The van der Waals surface area contributed by atoms with Crippen LogP contribution in [-0.2, 0) is 13.0 Å². The molecule has 16 heavy (non-hydrogen) atoms. The zero-order valence-electron chi connectivity index (χ0n) is 10.1. The Morgan fingerprint density at radius 1 is 1.44 bits per heavy atom. The van der Waals surface area contributed by atoms with E-state index in [0.29, 0.717) is 6.04 Å². The average Bonchev–Trinajstić information content (AvgIpc) is 2.26. The van der Waals surface area contributed by atoms with Crippen LogP contribution in [0.3, 0.4) is 0 Å². The molecular formula is C13H20N2O. The molecule has 1 N–H and O–H groups in total. The Bertz CT molecular complexity index is 339. The second-order valence-corrected chi connectivity index (χ2v) is 4.53. The Morgan fingerprint density at radius 3 is 2.69 bits per heavy atom. The summed E-state index contributed by atoms with van der Waals surface area (Å²) in [6, 6.07) is 4.63. The van der Waals surface area contributed by atoms with E-state index in [-0.39, 0.29) is 6.61 Å². The van der Waals surface area contributed by atoms with E-state index in [9.17, 15) is 5.11 Å². The highest BCUT2D eigenvalue weighted by Crippen LogP contribution is 2.27. The molecule has 0 bridgehead atoms. The molecule has 0 saturated heterocycles. The van der Waals surface area contributed by atoms with E-state index >= 15 is 0 Å². The zero-order valence-corrected chi connectivity index (χ0v) is 10.1. The van der Waals surface area contributed by atoms with Gasteiger partial charge in [-0.15, -0.1) is 0 Å². The van der Waals surface area contributed by atoms with Crippen LogP contribution in [0.15, 0.2) is 12.1 Å². The van der Waals surface area contributed by atoms with Crippen molar-refractivity contribution in [2.24, 2.45) is 0 Å². The number of aliphatic hydroxyl groups is 1. The highest BCUT2D eigenvalue weighted by Gasteiger charge is 2.23. The fraction of sp³-hybridized carbons (Fsp3) is 0.615. The number of aryl methyl sites for hydroxylation is 1. The SMILES string of the molecule is CCc1cc(CO)cc(N(C)C2CCC2)n1. The van der Waals surface area contributed by atoms with Crippen molar-refractivity contribution in [3.05, 3.63) is 23.4 Å². The fourth-order valence-electron chi connectivity index (χ4n) is 2.05. The summed E-state index contributed by atoms with van der Waals surface area (Å²) >= 11 is 0. The number of hydrogen-bond donors (Lipinski definition) is 1. The standard InChI is InChI=1S/C13H20N2O/c1-3-11-7-10(9-16)8-13(14-11)15(2)12-5-4-6-12/h7-8,12,16H,3-6,9H2,1-2H3. The summed E-state index contributed by atoms with van der Waals surface area (Å²) in [6.07, 6.45) is 4.78. The lowest BCUT2D eigenvalue weighted by molar-refractivity contribution is 0.281. The normalized spacial score (nSPS) is 15.9. The number of pyridine rings is 1. The van der Waals surface area contributed by atoms with E-state index in [1.165, 1.54) is 19.3 Å². The molecule has 1 saturated carbocycles. The summed E-state index contributed by atoms with van der Waals surface area (Å²) in [6.45, 7) is 2.19. The minimum absolute atomic E-state index is 0.0982. The smallest absolute Gasteiger partial charge is 0.129 e. The Morgan fingerprint density at radius 2 is 2.19 bits per heavy atom. The number of rotatable bonds is 4. The van der Waals surface area contributed by atoms with Crippen LogP contribution in [0.5, 0.6) is 0 Å². The highest BCUT2D eigenvalue weighted by molar-refractivity contribution is 5.43. The van der Waals surface area contributed by atoms with Crippen molar-refractivity contribution in [3.8, 4) is 0 Å². The van der Waals surface area contributed by atoms with Gasteiger partial charge in [0.2, 0.25) is 0 Å². The number of hydrogen-bond acceptors (Lipinski definition) is 3. The lowest BCUT2D eigenvalue weighted by Crippen LogP contribution is -2.37. The third-order valence-corrected chi connectivity index (χ3v) is 3.45. The molecular weight excluding hydrogens is 200 g/mol. The van der Waals surface area contributed by atoms with Crippen molar-refractivity contribution in [1.29, 1.82) is 0 Å². The highest BCUT2D eigenvalue weighted by atomic mass is 16.3. The van der Waals surface area contributed by atoms with Gasteiger partial charge in [-0.1, -0.05) is 6.92 Å². The van der Waals surface area contributed by atoms with Gasteiger partial charge in [0.1, 0.15) is 5.82 Å². The van der Waals surface area contributed by atoms with Gasteiger partial charge >= 0.3 is 0 Å². The van der Waals surface area contributed by atoms with Crippen molar-refractivity contribution < 1.29 is 5.11 Å². The van der Waals surface area contributed by atoms with Gasteiger partial charge in [0, 0.05) is 18.8 Å². The molecule has 0 radical (unpaired) electrons. The van der Waals surface area contributed by atoms with Crippen LogP contribution in [0.1, 0.15) is 37.4 Å². The van der Waals surface area contributed by atoms with Crippen LogP contribution >= 0.6 is 0 Å².